The van der Waals surface area contributed by atoms with Crippen LogP contribution in [-0.2, 0) is 9.59 Å². The third-order valence-corrected chi connectivity index (χ3v) is 1.59. The second-order valence-electron chi connectivity index (χ2n) is 2.83. The molecule has 0 aliphatic heterocycles. The predicted molar refractivity (Wildman–Crippen MR) is 49.4 cm³/mol. The van der Waals surface area contributed by atoms with Crippen molar-refractivity contribution in [1.29, 1.82) is 0 Å². The Morgan fingerprint density at radius 2 is 2.15 bits per heavy atom. The maximum atomic E-state index is 11.0. The molecule has 0 saturated carbocycles. The molecular formula is C9H17NO3. The molecule has 1 amide bonds. The molecule has 0 radical (unpaired) electrons. The lowest BCUT2D eigenvalue weighted by Gasteiger charge is -2.01. The van der Waals surface area contributed by atoms with E-state index in [1.54, 1.807) is 0 Å². The van der Waals surface area contributed by atoms with E-state index in [1.165, 1.54) is 0 Å². The Morgan fingerprint density at radius 1 is 1.38 bits per heavy atom. The minimum absolute atomic E-state index is 0.210. The van der Waals surface area contributed by atoms with Crippen LogP contribution in [0.15, 0.2) is 0 Å². The molecule has 76 valence electrons. The van der Waals surface area contributed by atoms with Crippen LogP contribution in [0.1, 0.15) is 40.4 Å². The second kappa shape index (κ2) is 7.58. The van der Waals surface area contributed by atoms with E-state index in [9.17, 15) is 9.59 Å². The molecule has 2 N–H and O–H groups in total. The highest BCUT2D eigenvalue weighted by Crippen LogP contribution is 2.01. The minimum Gasteiger partial charge on any atom is -0.480 e. The summed E-state index contributed by atoms with van der Waals surface area (Å²) in [4.78, 5) is 21.1. The van der Waals surface area contributed by atoms with Crippen LogP contribution in [0.5, 0.6) is 0 Å². The van der Waals surface area contributed by atoms with Gasteiger partial charge in [0.2, 0.25) is 5.91 Å². The molecule has 4 nitrogen and oxygen atoms in total. The largest absolute Gasteiger partial charge is 0.480 e. The Balaban J connectivity index is 3.22. The number of hydrogen-bond donors (Lipinski definition) is 2. The predicted octanol–water partition coefficient (Wildman–Crippen LogP) is 1.16. The molecule has 0 heterocycles. The smallest absolute Gasteiger partial charge is 0.322 e. The van der Waals surface area contributed by atoms with Crippen molar-refractivity contribution in [2.75, 3.05) is 6.54 Å². The molecule has 0 fully saturated rings. The maximum absolute atomic E-state index is 11.0. The number of unbranched alkanes of at least 4 members (excludes halogenated alkanes) is 3. The average Bonchev–Trinajstić information content (AvgIpc) is 2.14. The van der Waals surface area contributed by atoms with Gasteiger partial charge < -0.3 is 10.4 Å². The van der Waals surface area contributed by atoms with Crippen molar-refractivity contribution in [1.82, 2.24) is 5.32 Å². The summed E-state index contributed by atoms with van der Waals surface area (Å²) in [5.74, 6) is -1.23. The fourth-order valence-corrected chi connectivity index (χ4v) is 0.902. The van der Waals surface area contributed by atoms with Gasteiger partial charge in [0.05, 0.1) is 0 Å². The summed E-state index contributed by atoms with van der Waals surface area (Å²) >= 11 is 0. The highest BCUT2D eigenvalue weighted by atomic mass is 16.4. The van der Waals surface area contributed by atoms with Gasteiger partial charge in [-0.05, 0) is 6.42 Å². The highest BCUT2D eigenvalue weighted by Gasteiger charge is 2.02. The van der Waals surface area contributed by atoms with Gasteiger partial charge in [-0.2, -0.15) is 0 Å². The standard InChI is InChI=1S/C9H17NO3/c1-2-3-4-5-6-8(11)10-7-9(12)13/h2-7H2,1H3,(H,10,11)(H,12,13)/i1D. The van der Waals surface area contributed by atoms with Crippen LogP contribution in [-0.4, -0.2) is 23.5 Å². The number of carbonyl (C=O) groups excluding carboxylic acids is 1. The lowest BCUT2D eigenvalue weighted by atomic mass is 10.1. The first-order valence-corrected chi connectivity index (χ1v) is 4.44. The molecule has 0 aromatic heterocycles. The molecule has 0 aromatic carbocycles. The monoisotopic (exact) mass is 188 g/mol. The van der Waals surface area contributed by atoms with Crippen LogP contribution in [0.4, 0.5) is 0 Å². The molecule has 0 bridgehead atoms. The van der Waals surface area contributed by atoms with Crippen LogP contribution < -0.4 is 5.32 Å². The van der Waals surface area contributed by atoms with Gasteiger partial charge in [-0.1, -0.05) is 26.2 Å². The normalized spacial score (nSPS) is 10.6. The molecule has 0 aromatic rings. The molecule has 0 spiro atoms. The van der Waals surface area contributed by atoms with Gasteiger partial charge in [-0.3, -0.25) is 9.59 Å². The van der Waals surface area contributed by atoms with E-state index < -0.39 is 5.97 Å². The lowest BCUT2D eigenvalue weighted by Crippen LogP contribution is -2.28. The number of amides is 1. The topological polar surface area (TPSA) is 66.4 Å². The van der Waals surface area contributed by atoms with Crippen LogP contribution in [0.3, 0.4) is 0 Å². The zero-order chi connectivity index (χ0) is 10.8. The summed E-state index contributed by atoms with van der Waals surface area (Å²) in [7, 11) is 0. The van der Waals surface area contributed by atoms with Gasteiger partial charge in [-0.25, -0.2) is 0 Å². The van der Waals surface area contributed by atoms with E-state index in [4.69, 9.17) is 6.48 Å². The number of carboxylic acid groups (broad SMARTS) is 1. The fraction of sp³-hybridized carbons (Fsp3) is 0.778. The molecule has 0 rings (SSSR count). The van der Waals surface area contributed by atoms with Crippen LogP contribution in [0.2, 0.25) is 0 Å². The first kappa shape index (κ1) is 10.0. The Hall–Kier alpha value is -1.06. The van der Waals surface area contributed by atoms with E-state index >= 15 is 0 Å². The summed E-state index contributed by atoms with van der Waals surface area (Å²) in [6.45, 7) is 0.136. The summed E-state index contributed by atoms with van der Waals surface area (Å²) in [6.07, 6.45) is 3.92. The molecule has 0 atom stereocenters. The summed E-state index contributed by atoms with van der Waals surface area (Å²) in [5.41, 5.74) is 0. The van der Waals surface area contributed by atoms with Crippen molar-refractivity contribution in [2.24, 2.45) is 0 Å². The van der Waals surface area contributed by atoms with E-state index in [0.29, 0.717) is 13.3 Å². The van der Waals surface area contributed by atoms with E-state index in [-0.39, 0.29) is 12.5 Å². The lowest BCUT2D eigenvalue weighted by molar-refractivity contribution is -0.137. The number of carboxylic acids is 1. The molecule has 0 saturated heterocycles. The van der Waals surface area contributed by atoms with Crippen molar-refractivity contribution in [3.05, 3.63) is 0 Å². The first-order valence-electron chi connectivity index (χ1n) is 5.15. The first-order chi connectivity index (χ1) is 6.66. The number of aliphatic carboxylic acids is 1. The van der Waals surface area contributed by atoms with Gasteiger partial charge in [-0.15, -0.1) is 0 Å². The average molecular weight is 188 g/mol. The van der Waals surface area contributed by atoms with Gasteiger partial charge >= 0.3 is 5.97 Å². The third-order valence-electron chi connectivity index (χ3n) is 1.59. The summed E-state index contributed by atoms with van der Waals surface area (Å²) in [5, 5.41) is 10.6. The van der Waals surface area contributed by atoms with Crippen molar-refractivity contribution >= 4 is 11.9 Å². The van der Waals surface area contributed by atoms with Gasteiger partial charge in [0.1, 0.15) is 6.54 Å². The van der Waals surface area contributed by atoms with E-state index in [2.05, 4.69) is 5.32 Å². The van der Waals surface area contributed by atoms with E-state index in [1.807, 2.05) is 0 Å². The molecule has 13 heavy (non-hydrogen) atoms. The molecule has 4 heteroatoms. The fourth-order valence-electron chi connectivity index (χ4n) is 0.902. The summed E-state index contributed by atoms with van der Waals surface area (Å²) < 4.78 is 6.89. The zero-order valence-electron chi connectivity index (χ0n) is 8.71. The molecule has 0 aliphatic carbocycles. The molecule has 0 unspecified atom stereocenters. The van der Waals surface area contributed by atoms with Crippen molar-refractivity contribution < 1.29 is 16.1 Å². The quantitative estimate of drug-likeness (QED) is 0.589. The van der Waals surface area contributed by atoms with Gasteiger partial charge in [0, 0.05) is 7.79 Å². The van der Waals surface area contributed by atoms with E-state index in [0.717, 1.165) is 25.7 Å². The van der Waals surface area contributed by atoms with Gasteiger partial charge in [0.25, 0.3) is 0 Å². The Labute approximate surface area is 79.7 Å². The van der Waals surface area contributed by atoms with Crippen LogP contribution >= 0.6 is 0 Å². The Kier molecular flexibility index (Phi) is 5.85. The maximum Gasteiger partial charge on any atom is 0.322 e. The summed E-state index contributed by atoms with van der Waals surface area (Å²) in [6, 6.07) is 0. The number of hydrogen-bond acceptors (Lipinski definition) is 2. The molecule has 0 aliphatic rings. The van der Waals surface area contributed by atoms with Gasteiger partial charge in [0.15, 0.2) is 0 Å². The van der Waals surface area contributed by atoms with Crippen molar-refractivity contribution in [2.45, 2.75) is 39.0 Å². The van der Waals surface area contributed by atoms with Crippen LogP contribution in [0, 0.1) is 0 Å². The molecular weight excluding hydrogens is 170 g/mol. The van der Waals surface area contributed by atoms with Crippen molar-refractivity contribution in [3.63, 3.8) is 0 Å². The number of rotatable bonds is 7. The number of nitrogens with one attached hydrogen (secondary N) is 1. The zero-order valence-corrected chi connectivity index (χ0v) is 7.71. The third kappa shape index (κ3) is 8.85. The SMILES string of the molecule is [2H]CCCCCCC(=O)NCC(=O)O. The highest BCUT2D eigenvalue weighted by molar-refractivity contribution is 5.80. The number of carbonyl (C=O) groups is 2. The Morgan fingerprint density at radius 3 is 2.77 bits per heavy atom. The van der Waals surface area contributed by atoms with Crippen LogP contribution in [0.25, 0.3) is 0 Å². The minimum atomic E-state index is -1.02. The Bertz CT molecular complexity index is 185. The second-order valence-corrected chi connectivity index (χ2v) is 2.83. The van der Waals surface area contributed by atoms with Crippen molar-refractivity contribution in [3.8, 4) is 0 Å².